The van der Waals surface area contributed by atoms with Gasteiger partial charge in [0, 0.05) is 34.7 Å². The summed E-state index contributed by atoms with van der Waals surface area (Å²) in [5.74, 6) is -1.29. The van der Waals surface area contributed by atoms with Crippen molar-refractivity contribution in [3.8, 4) is 0 Å². The van der Waals surface area contributed by atoms with Gasteiger partial charge in [-0.15, -0.1) is 11.8 Å². The summed E-state index contributed by atoms with van der Waals surface area (Å²) < 4.78 is 5.40. The monoisotopic (exact) mass is 507 g/mol. The highest BCUT2D eigenvalue weighted by atomic mass is 32.2. The predicted octanol–water partition coefficient (Wildman–Crippen LogP) is 5.30. The minimum absolute atomic E-state index is 0.0788. The number of nitro benzene ring substituents is 1. The van der Waals surface area contributed by atoms with Gasteiger partial charge in [0.05, 0.1) is 28.7 Å². The van der Waals surface area contributed by atoms with E-state index in [9.17, 15) is 19.7 Å². The summed E-state index contributed by atoms with van der Waals surface area (Å²) in [5.41, 5.74) is 8.72. The molecule has 0 amide bonds. The molecule has 1 aliphatic heterocycles. The molecule has 36 heavy (non-hydrogen) atoms. The van der Waals surface area contributed by atoms with Crippen LogP contribution in [0.2, 0.25) is 0 Å². The van der Waals surface area contributed by atoms with Crippen LogP contribution in [-0.4, -0.2) is 29.5 Å². The molecule has 4 rings (SSSR count). The number of carbonyl (C=O) groups excluding carboxylic acids is 2. The first-order chi connectivity index (χ1) is 17.1. The maximum atomic E-state index is 13.7. The summed E-state index contributed by atoms with van der Waals surface area (Å²) in [6.07, 6.45) is 2.79. The molecule has 2 aromatic carbocycles. The van der Waals surface area contributed by atoms with Crippen LogP contribution in [0.3, 0.4) is 0 Å². The van der Waals surface area contributed by atoms with Crippen molar-refractivity contribution in [1.29, 1.82) is 0 Å². The summed E-state index contributed by atoms with van der Waals surface area (Å²) in [7, 11) is 0. The number of non-ortho nitro benzene ring substituents is 1. The number of rotatable bonds is 6. The first-order valence-corrected chi connectivity index (χ1v) is 12.9. The van der Waals surface area contributed by atoms with Crippen molar-refractivity contribution in [1.82, 2.24) is 0 Å². The third-order valence-electron chi connectivity index (χ3n) is 6.50. The number of esters is 1. The lowest BCUT2D eigenvalue weighted by Crippen LogP contribution is -2.43. The molecule has 8 nitrogen and oxygen atoms in total. The molecule has 0 unspecified atom stereocenters. The fraction of sp³-hybridized carbons (Fsp3) is 0.333. The molecule has 0 radical (unpaired) electrons. The number of carbonyl (C=O) groups is 2. The van der Waals surface area contributed by atoms with E-state index in [0.29, 0.717) is 29.8 Å². The molecule has 0 bridgehead atoms. The molecule has 0 saturated heterocycles. The van der Waals surface area contributed by atoms with Gasteiger partial charge >= 0.3 is 5.97 Å². The Hall–Kier alpha value is -3.59. The van der Waals surface area contributed by atoms with Gasteiger partial charge in [0.25, 0.3) is 5.69 Å². The first kappa shape index (κ1) is 25.5. The second-order valence-electron chi connectivity index (χ2n) is 9.64. The number of ether oxygens (including phenoxy) is 1. The number of Topliss-reactive ketones (excluding diaryl/α,β-unsaturated/α-hetero) is 1. The number of nitro groups is 1. The molecule has 2 N–H and O–H groups in total. The van der Waals surface area contributed by atoms with E-state index in [0.717, 1.165) is 10.5 Å². The fourth-order valence-electron chi connectivity index (χ4n) is 4.99. The van der Waals surface area contributed by atoms with Crippen molar-refractivity contribution in [2.24, 2.45) is 11.1 Å². The van der Waals surface area contributed by atoms with Crippen LogP contribution < -0.4 is 10.6 Å². The molecule has 0 spiro atoms. The number of nitrogens with zero attached hydrogens (tertiary/aromatic N) is 2. The zero-order chi connectivity index (χ0) is 26.2. The van der Waals surface area contributed by atoms with E-state index < -0.39 is 16.8 Å². The second kappa shape index (κ2) is 9.81. The Labute approximate surface area is 214 Å². The number of ketones is 1. The molecule has 2 aromatic rings. The number of nitrogens with two attached hydrogens (primary N) is 1. The average molecular weight is 508 g/mol. The maximum absolute atomic E-state index is 13.7. The van der Waals surface area contributed by atoms with E-state index in [2.05, 4.69) is 0 Å². The van der Waals surface area contributed by atoms with Gasteiger partial charge < -0.3 is 10.5 Å². The van der Waals surface area contributed by atoms with Crippen molar-refractivity contribution in [2.45, 2.75) is 44.4 Å². The predicted molar refractivity (Wildman–Crippen MR) is 139 cm³/mol. The topological polar surface area (TPSA) is 116 Å². The van der Waals surface area contributed by atoms with Crippen molar-refractivity contribution in [3.05, 3.63) is 86.9 Å². The lowest BCUT2D eigenvalue weighted by molar-refractivity contribution is -0.384. The highest BCUT2D eigenvalue weighted by Gasteiger charge is 2.46. The molecule has 1 atom stereocenters. The zero-order valence-electron chi connectivity index (χ0n) is 20.7. The van der Waals surface area contributed by atoms with Crippen molar-refractivity contribution < 1.29 is 19.2 Å². The first-order valence-electron chi connectivity index (χ1n) is 11.7. The standard InChI is InChI=1S/C27H29N3O5S/c1-5-35-26(32)24-22(16-9-11-19(36-4)12-10-16)23-20(14-27(2,3)15-21(23)31)29(25(24)28)17-7-6-8-18(13-17)30(33)34/h6-13,22H,5,14-15,28H2,1-4H3/t22-/m1/s1. The Bertz CT molecular complexity index is 1300. The Kier molecular flexibility index (Phi) is 6.95. The number of thioether (sulfide) groups is 1. The summed E-state index contributed by atoms with van der Waals surface area (Å²) >= 11 is 1.59. The van der Waals surface area contributed by atoms with Gasteiger partial charge in [-0.25, -0.2) is 4.79 Å². The van der Waals surface area contributed by atoms with Crippen LogP contribution in [0.4, 0.5) is 11.4 Å². The van der Waals surface area contributed by atoms with Crippen LogP contribution >= 0.6 is 11.8 Å². The van der Waals surface area contributed by atoms with Crippen molar-refractivity contribution in [3.63, 3.8) is 0 Å². The van der Waals surface area contributed by atoms with E-state index in [1.165, 1.54) is 12.1 Å². The largest absolute Gasteiger partial charge is 0.463 e. The Morgan fingerprint density at radius 3 is 2.53 bits per heavy atom. The van der Waals surface area contributed by atoms with Crippen molar-refractivity contribution >= 4 is 34.9 Å². The van der Waals surface area contributed by atoms with Gasteiger partial charge in [-0.2, -0.15) is 0 Å². The second-order valence-corrected chi connectivity index (χ2v) is 10.5. The van der Waals surface area contributed by atoms with Gasteiger partial charge in [0.1, 0.15) is 5.82 Å². The number of benzene rings is 2. The summed E-state index contributed by atoms with van der Waals surface area (Å²) in [5, 5.41) is 11.5. The van der Waals surface area contributed by atoms with Gasteiger partial charge in [-0.1, -0.05) is 32.0 Å². The van der Waals surface area contributed by atoms with Crippen molar-refractivity contribution in [2.75, 3.05) is 17.8 Å². The third kappa shape index (κ3) is 4.63. The Balaban J connectivity index is 2.02. The summed E-state index contributed by atoms with van der Waals surface area (Å²) in [6, 6.07) is 13.8. The minimum Gasteiger partial charge on any atom is -0.463 e. The average Bonchev–Trinajstić information content (AvgIpc) is 2.82. The van der Waals surface area contributed by atoms with Gasteiger partial charge in [-0.3, -0.25) is 19.8 Å². The number of anilines is 1. The summed E-state index contributed by atoms with van der Waals surface area (Å²) in [6.45, 7) is 5.85. The fourth-order valence-corrected chi connectivity index (χ4v) is 5.40. The molecule has 0 fully saturated rings. The molecular weight excluding hydrogens is 478 g/mol. The molecule has 0 aromatic heterocycles. The molecule has 1 heterocycles. The maximum Gasteiger partial charge on any atom is 0.338 e. The van der Waals surface area contributed by atoms with Crippen LogP contribution in [0, 0.1) is 15.5 Å². The zero-order valence-corrected chi connectivity index (χ0v) is 21.6. The van der Waals surface area contributed by atoms with E-state index in [1.54, 1.807) is 35.7 Å². The lowest BCUT2D eigenvalue weighted by Gasteiger charge is -2.44. The highest BCUT2D eigenvalue weighted by molar-refractivity contribution is 7.98. The Morgan fingerprint density at radius 1 is 1.22 bits per heavy atom. The smallest absolute Gasteiger partial charge is 0.338 e. The van der Waals surface area contributed by atoms with E-state index in [4.69, 9.17) is 10.5 Å². The normalized spacial score (nSPS) is 19.3. The quantitative estimate of drug-likeness (QED) is 0.242. The summed E-state index contributed by atoms with van der Waals surface area (Å²) in [4.78, 5) is 40.8. The van der Waals surface area contributed by atoms with Crippen LogP contribution in [0.15, 0.2) is 76.1 Å². The minimum atomic E-state index is -0.700. The SMILES string of the molecule is CCOC(=O)C1=C(N)N(c2cccc([N+](=O)[O-])c2)C2=C(C(=O)CC(C)(C)C2)[C@H]1c1ccc(SC)cc1. The number of hydrogen-bond donors (Lipinski definition) is 1. The van der Waals surface area contributed by atoms with Crippen LogP contribution in [0.25, 0.3) is 0 Å². The molecular formula is C27H29N3O5S. The highest BCUT2D eigenvalue weighted by Crippen LogP contribution is 2.50. The molecule has 188 valence electrons. The Morgan fingerprint density at radius 2 is 1.92 bits per heavy atom. The molecule has 0 saturated carbocycles. The van der Waals surface area contributed by atoms with Gasteiger partial charge in [0.15, 0.2) is 5.78 Å². The number of hydrogen-bond acceptors (Lipinski definition) is 8. The van der Waals surface area contributed by atoms with Gasteiger partial charge in [0.2, 0.25) is 0 Å². The van der Waals surface area contributed by atoms with E-state index in [1.807, 2.05) is 44.4 Å². The van der Waals surface area contributed by atoms with Crippen LogP contribution in [0.1, 0.15) is 45.1 Å². The molecule has 9 heteroatoms. The van der Waals surface area contributed by atoms with Crippen LogP contribution in [-0.2, 0) is 14.3 Å². The molecule has 1 aliphatic carbocycles. The third-order valence-corrected chi connectivity index (χ3v) is 7.25. The lowest BCUT2D eigenvalue weighted by atomic mass is 9.68. The van der Waals surface area contributed by atoms with Gasteiger partial charge in [-0.05, 0) is 48.8 Å². The van der Waals surface area contributed by atoms with E-state index >= 15 is 0 Å². The molecule has 2 aliphatic rings. The van der Waals surface area contributed by atoms with E-state index in [-0.39, 0.29) is 34.9 Å². The van der Waals surface area contributed by atoms with Crippen LogP contribution in [0.5, 0.6) is 0 Å². The number of allylic oxidation sites excluding steroid dienone is 2.